The van der Waals surface area contributed by atoms with Crippen molar-refractivity contribution in [2.24, 2.45) is 5.92 Å². The summed E-state index contributed by atoms with van der Waals surface area (Å²) in [7, 11) is 0. The summed E-state index contributed by atoms with van der Waals surface area (Å²) in [5.41, 5.74) is 0. The first kappa shape index (κ1) is 15.9. The Hall–Kier alpha value is -1.06. The van der Waals surface area contributed by atoms with E-state index in [1.807, 2.05) is 6.92 Å². The number of hydrogen-bond donors (Lipinski definition) is 0. The van der Waals surface area contributed by atoms with Gasteiger partial charge in [0.25, 0.3) is 0 Å². The number of amides is 1. The molecule has 4 heteroatoms. The predicted molar refractivity (Wildman–Crippen MR) is 67.6 cm³/mol. The molecule has 0 heterocycles. The molecule has 0 aromatic rings. The van der Waals surface area contributed by atoms with Gasteiger partial charge in [0.1, 0.15) is 0 Å². The van der Waals surface area contributed by atoms with Gasteiger partial charge in [-0.2, -0.15) is 0 Å². The van der Waals surface area contributed by atoms with Crippen molar-refractivity contribution in [1.29, 1.82) is 0 Å². The maximum atomic E-state index is 11.7. The Bertz CT molecular complexity index is 239. The van der Waals surface area contributed by atoms with Gasteiger partial charge in [-0.1, -0.05) is 20.8 Å². The van der Waals surface area contributed by atoms with E-state index in [0.717, 1.165) is 13.0 Å². The molecule has 0 spiro atoms. The Morgan fingerprint density at radius 2 is 1.82 bits per heavy atom. The Kier molecular flexibility index (Phi) is 8.46. The standard InChI is InChI=1S/C13H25NO3/c1-5-12(15)14(9-7-11(3)4)10-8-13(16)17-6-2/h11H,5-10H2,1-4H3. The van der Waals surface area contributed by atoms with Crippen molar-refractivity contribution in [2.45, 2.75) is 47.0 Å². The Labute approximate surface area is 104 Å². The van der Waals surface area contributed by atoms with Crippen LogP contribution in [0.25, 0.3) is 0 Å². The minimum atomic E-state index is -0.231. The normalized spacial score (nSPS) is 10.4. The zero-order chi connectivity index (χ0) is 13.3. The second kappa shape index (κ2) is 9.02. The lowest BCUT2D eigenvalue weighted by Gasteiger charge is -2.22. The second-order valence-corrected chi connectivity index (χ2v) is 4.47. The summed E-state index contributed by atoms with van der Waals surface area (Å²) in [6.45, 7) is 9.47. The van der Waals surface area contributed by atoms with Crippen LogP contribution in [0.2, 0.25) is 0 Å². The molecule has 0 atom stereocenters. The molecule has 0 saturated heterocycles. The lowest BCUT2D eigenvalue weighted by atomic mass is 10.1. The van der Waals surface area contributed by atoms with Gasteiger partial charge < -0.3 is 9.64 Å². The van der Waals surface area contributed by atoms with Gasteiger partial charge in [-0.3, -0.25) is 9.59 Å². The highest BCUT2D eigenvalue weighted by Gasteiger charge is 2.13. The SMILES string of the molecule is CCOC(=O)CCN(CCC(C)C)C(=O)CC. The molecule has 0 aliphatic heterocycles. The number of carbonyl (C=O) groups excluding carboxylic acids is 2. The molecule has 0 radical (unpaired) electrons. The minimum Gasteiger partial charge on any atom is -0.466 e. The largest absolute Gasteiger partial charge is 0.466 e. The Morgan fingerprint density at radius 1 is 1.18 bits per heavy atom. The zero-order valence-corrected chi connectivity index (χ0v) is 11.5. The molecular weight excluding hydrogens is 218 g/mol. The van der Waals surface area contributed by atoms with Crippen LogP contribution in [0.15, 0.2) is 0 Å². The third-order valence-corrected chi connectivity index (χ3v) is 2.52. The monoisotopic (exact) mass is 243 g/mol. The van der Waals surface area contributed by atoms with Crippen LogP contribution >= 0.6 is 0 Å². The maximum absolute atomic E-state index is 11.7. The summed E-state index contributed by atoms with van der Waals surface area (Å²) in [5, 5.41) is 0. The molecule has 0 saturated carbocycles. The fraction of sp³-hybridized carbons (Fsp3) is 0.846. The van der Waals surface area contributed by atoms with Crippen molar-refractivity contribution in [3.63, 3.8) is 0 Å². The fourth-order valence-electron chi connectivity index (χ4n) is 1.46. The molecule has 0 rings (SSSR count). The predicted octanol–water partition coefficient (Wildman–Crippen LogP) is 2.22. The smallest absolute Gasteiger partial charge is 0.307 e. The summed E-state index contributed by atoms with van der Waals surface area (Å²) in [6, 6.07) is 0. The topological polar surface area (TPSA) is 46.6 Å². The van der Waals surface area contributed by atoms with Crippen LogP contribution in [0.4, 0.5) is 0 Å². The number of nitrogens with zero attached hydrogens (tertiary/aromatic N) is 1. The molecule has 17 heavy (non-hydrogen) atoms. The molecule has 0 unspecified atom stereocenters. The van der Waals surface area contributed by atoms with E-state index in [1.165, 1.54) is 0 Å². The highest BCUT2D eigenvalue weighted by molar-refractivity contribution is 5.77. The molecule has 100 valence electrons. The van der Waals surface area contributed by atoms with Gasteiger partial charge in [-0.15, -0.1) is 0 Å². The zero-order valence-electron chi connectivity index (χ0n) is 11.5. The molecule has 0 aliphatic rings. The van der Waals surface area contributed by atoms with Crippen LogP contribution in [0.5, 0.6) is 0 Å². The van der Waals surface area contributed by atoms with E-state index in [0.29, 0.717) is 25.5 Å². The number of rotatable bonds is 8. The van der Waals surface area contributed by atoms with Crippen LogP contribution in [0, 0.1) is 5.92 Å². The molecule has 0 aromatic heterocycles. The van der Waals surface area contributed by atoms with E-state index in [2.05, 4.69) is 13.8 Å². The molecule has 0 fully saturated rings. The number of hydrogen-bond acceptors (Lipinski definition) is 3. The molecule has 0 bridgehead atoms. The van der Waals surface area contributed by atoms with Crippen LogP contribution < -0.4 is 0 Å². The van der Waals surface area contributed by atoms with Gasteiger partial charge >= 0.3 is 5.97 Å². The van der Waals surface area contributed by atoms with Gasteiger partial charge in [0.15, 0.2) is 0 Å². The van der Waals surface area contributed by atoms with Gasteiger partial charge in [0, 0.05) is 19.5 Å². The molecule has 0 aliphatic carbocycles. The average Bonchev–Trinajstić information content (AvgIpc) is 2.28. The van der Waals surface area contributed by atoms with Crippen LogP contribution in [-0.2, 0) is 14.3 Å². The summed E-state index contributed by atoms with van der Waals surface area (Å²) in [6.07, 6.45) is 1.74. The summed E-state index contributed by atoms with van der Waals surface area (Å²) < 4.78 is 4.85. The van der Waals surface area contributed by atoms with Crippen molar-refractivity contribution < 1.29 is 14.3 Å². The van der Waals surface area contributed by atoms with Gasteiger partial charge in [-0.05, 0) is 19.3 Å². The third-order valence-electron chi connectivity index (χ3n) is 2.52. The number of carbonyl (C=O) groups is 2. The van der Waals surface area contributed by atoms with Crippen LogP contribution in [-0.4, -0.2) is 36.5 Å². The first-order chi connectivity index (χ1) is 8.01. The molecule has 4 nitrogen and oxygen atoms in total. The van der Waals surface area contributed by atoms with Crippen molar-refractivity contribution in [3.8, 4) is 0 Å². The van der Waals surface area contributed by atoms with Crippen molar-refractivity contribution in [3.05, 3.63) is 0 Å². The van der Waals surface area contributed by atoms with E-state index < -0.39 is 0 Å². The second-order valence-electron chi connectivity index (χ2n) is 4.47. The van der Waals surface area contributed by atoms with Crippen molar-refractivity contribution in [2.75, 3.05) is 19.7 Å². The first-order valence-electron chi connectivity index (χ1n) is 6.44. The summed E-state index contributed by atoms with van der Waals surface area (Å²) >= 11 is 0. The summed E-state index contributed by atoms with van der Waals surface area (Å²) in [4.78, 5) is 24.7. The quantitative estimate of drug-likeness (QED) is 0.614. The fourth-order valence-corrected chi connectivity index (χ4v) is 1.46. The minimum absolute atomic E-state index is 0.106. The first-order valence-corrected chi connectivity index (χ1v) is 6.44. The lowest BCUT2D eigenvalue weighted by molar-refractivity contribution is -0.144. The summed E-state index contributed by atoms with van der Waals surface area (Å²) in [5.74, 6) is 0.436. The van der Waals surface area contributed by atoms with Gasteiger partial charge in [0.2, 0.25) is 5.91 Å². The van der Waals surface area contributed by atoms with E-state index in [1.54, 1.807) is 11.8 Å². The Morgan fingerprint density at radius 3 is 2.29 bits per heavy atom. The van der Waals surface area contributed by atoms with E-state index in [4.69, 9.17) is 4.74 Å². The molecule has 0 aromatic carbocycles. The van der Waals surface area contributed by atoms with E-state index >= 15 is 0 Å². The average molecular weight is 243 g/mol. The maximum Gasteiger partial charge on any atom is 0.307 e. The van der Waals surface area contributed by atoms with Crippen LogP contribution in [0.1, 0.15) is 47.0 Å². The molecular formula is C13H25NO3. The van der Waals surface area contributed by atoms with Gasteiger partial charge in [-0.25, -0.2) is 0 Å². The van der Waals surface area contributed by atoms with E-state index in [-0.39, 0.29) is 18.3 Å². The van der Waals surface area contributed by atoms with Gasteiger partial charge in [0.05, 0.1) is 13.0 Å². The van der Waals surface area contributed by atoms with E-state index in [9.17, 15) is 9.59 Å². The lowest BCUT2D eigenvalue weighted by Crippen LogP contribution is -2.34. The molecule has 1 amide bonds. The Balaban J connectivity index is 4.10. The highest BCUT2D eigenvalue weighted by atomic mass is 16.5. The van der Waals surface area contributed by atoms with Crippen molar-refractivity contribution in [1.82, 2.24) is 4.90 Å². The number of esters is 1. The number of ether oxygens (including phenoxy) is 1. The highest BCUT2D eigenvalue weighted by Crippen LogP contribution is 2.05. The van der Waals surface area contributed by atoms with Crippen molar-refractivity contribution >= 4 is 11.9 Å². The molecule has 0 N–H and O–H groups in total. The third kappa shape index (κ3) is 7.77. The van der Waals surface area contributed by atoms with Crippen LogP contribution in [0.3, 0.4) is 0 Å².